The Labute approximate surface area is 202 Å². The number of nitro benzene ring substituents is 1. The molecular formula is C24H23N5O4S. The fourth-order valence-corrected chi connectivity index (χ4v) is 4.48. The highest BCUT2D eigenvalue weighted by atomic mass is 32.1. The summed E-state index contributed by atoms with van der Waals surface area (Å²) in [4.78, 5) is 25.8. The van der Waals surface area contributed by atoms with Gasteiger partial charge in [-0.1, -0.05) is 12.1 Å². The number of amides is 1. The van der Waals surface area contributed by atoms with Gasteiger partial charge in [-0.25, -0.2) is 0 Å². The van der Waals surface area contributed by atoms with E-state index in [0.717, 1.165) is 18.4 Å². The van der Waals surface area contributed by atoms with Crippen LogP contribution in [0, 0.1) is 21.4 Å². The first kappa shape index (κ1) is 23.4. The van der Waals surface area contributed by atoms with Crippen LogP contribution in [-0.4, -0.2) is 40.1 Å². The Morgan fingerprint density at radius 2 is 2.00 bits per heavy atom. The Balaban J connectivity index is 1.68. The van der Waals surface area contributed by atoms with Crippen LogP contribution in [0.5, 0.6) is 0 Å². The molecule has 34 heavy (non-hydrogen) atoms. The normalized spacial score (nSPS) is 20.0. The first-order valence-corrected chi connectivity index (χ1v) is 11.2. The van der Waals surface area contributed by atoms with Crippen molar-refractivity contribution >= 4 is 34.6 Å². The predicted octanol–water partition coefficient (Wildman–Crippen LogP) is 3.79. The van der Waals surface area contributed by atoms with Crippen LogP contribution in [-0.2, 0) is 9.53 Å². The highest BCUT2D eigenvalue weighted by Gasteiger charge is 2.35. The number of thiocarbonyl (C=S) groups is 1. The highest BCUT2D eigenvalue weighted by molar-refractivity contribution is 7.80. The molecule has 1 fully saturated rings. The van der Waals surface area contributed by atoms with Gasteiger partial charge < -0.3 is 20.3 Å². The molecule has 0 bridgehead atoms. The minimum absolute atomic E-state index is 0.0279. The molecule has 2 aromatic rings. The molecule has 0 radical (unpaired) electrons. The van der Waals surface area contributed by atoms with E-state index in [-0.39, 0.29) is 17.7 Å². The second kappa shape index (κ2) is 9.99. The van der Waals surface area contributed by atoms with Crippen LogP contribution in [0.1, 0.15) is 36.9 Å². The van der Waals surface area contributed by atoms with Crippen LogP contribution in [0.2, 0.25) is 0 Å². The summed E-state index contributed by atoms with van der Waals surface area (Å²) in [6.07, 6.45) is 1.94. The molecule has 2 N–H and O–H groups in total. The van der Waals surface area contributed by atoms with Gasteiger partial charge in [0.1, 0.15) is 0 Å². The summed E-state index contributed by atoms with van der Waals surface area (Å²) in [7, 11) is 0. The van der Waals surface area contributed by atoms with E-state index in [9.17, 15) is 14.9 Å². The van der Waals surface area contributed by atoms with E-state index in [1.807, 2.05) is 11.8 Å². The van der Waals surface area contributed by atoms with Crippen LogP contribution >= 0.6 is 12.2 Å². The van der Waals surface area contributed by atoms with Gasteiger partial charge >= 0.3 is 0 Å². The fourth-order valence-electron chi connectivity index (χ4n) is 4.15. The molecule has 1 saturated heterocycles. The lowest BCUT2D eigenvalue weighted by molar-refractivity contribution is -0.384. The largest absolute Gasteiger partial charge is 0.376 e. The average Bonchev–Trinajstić information content (AvgIpc) is 3.35. The third-order valence-electron chi connectivity index (χ3n) is 5.96. The van der Waals surface area contributed by atoms with Crippen molar-refractivity contribution in [3.8, 4) is 6.07 Å². The molecular weight excluding hydrogens is 454 g/mol. The molecule has 2 aliphatic rings. The molecule has 0 aliphatic carbocycles. The van der Waals surface area contributed by atoms with Crippen molar-refractivity contribution in [1.82, 2.24) is 10.2 Å². The van der Waals surface area contributed by atoms with E-state index in [4.69, 9.17) is 22.2 Å². The summed E-state index contributed by atoms with van der Waals surface area (Å²) >= 11 is 5.65. The van der Waals surface area contributed by atoms with Crippen molar-refractivity contribution in [2.75, 3.05) is 18.5 Å². The van der Waals surface area contributed by atoms with Crippen LogP contribution in [0.3, 0.4) is 0 Å². The predicted molar refractivity (Wildman–Crippen MR) is 130 cm³/mol. The average molecular weight is 478 g/mol. The van der Waals surface area contributed by atoms with Crippen LogP contribution in [0.15, 0.2) is 59.8 Å². The number of nitrogens with zero attached hydrogens (tertiary/aromatic N) is 3. The minimum Gasteiger partial charge on any atom is -0.376 e. The molecule has 174 valence electrons. The number of nitrogens with one attached hydrogen (secondary N) is 2. The van der Waals surface area contributed by atoms with E-state index in [0.29, 0.717) is 40.8 Å². The first-order valence-electron chi connectivity index (χ1n) is 10.8. The summed E-state index contributed by atoms with van der Waals surface area (Å²) in [6.45, 7) is 3.10. The number of rotatable bonds is 6. The molecule has 2 atom stereocenters. The smallest absolute Gasteiger partial charge is 0.269 e. The zero-order valence-corrected chi connectivity index (χ0v) is 19.3. The number of nitro groups is 1. The molecule has 9 nitrogen and oxygen atoms in total. The molecule has 0 aromatic heterocycles. The number of hydrogen-bond donors (Lipinski definition) is 2. The van der Waals surface area contributed by atoms with Gasteiger partial charge in [-0.15, -0.1) is 0 Å². The van der Waals surface area contributed by atoms with E-state index >= 15 is 0 Å². The van der Waals surface area contributed by atoms with Gasteiger partial charge in [-0.2, -0.15) is 5.26 Å². The number of carbonyl (C=O) groups is 1. The quantitative estimate of drug-likeness (QED) is 0.366. The maximum absolute atomic E-state index is 13.5. The van der Waals surface area contributed by atoms with Gasteiger partial charge in [-0.05, 0) is 61.8 Å². The molecule has 0 unspecified atom stereocenters. The lowest BCUT2D eigenvalue weighted by atomic mass is 9.93. The van der Waals surface area contributed by atoms with Crippen LogP contribution in [0.4, 0.5) is 11.4 Å². The van der Waals surface area contributed by atoms with Crippen molar-refractivity contribution in [3.05, 3.63) is 81.0 Å². The summed E-state index contributed by atoms with van der Waals surface area (Å²) in [6, 6.07) is 14.2. The number of carbonyl (C=O) groups excluding carboxylic acids is 1. The Hall–Kier alpha value is -3.81. The number of allylic oxidation sites excluding steroid dienone is 1. The van der Waals surface area contributed by atoms with Gasteiger partial charge in [0.05, 0.1) is 40.8 Å². The highest BCUT2D eigenvalue weighted by Crippen LogP contribution is 2.32. The lowest BCUT2D eigenvalue weighted by Crippen LogP contribution is -2.50. The summed E-state index contributed by atoms with van der Waals surface area (Å²) < 4.78 is 5.77. The van der Waals surface area contributed by atoms with Gasteiger partial charge in [0.2, 0.25) is 0 Å². The van der Waals surface area contributed by atoms with Crippen molar-refractivity contribution < 1.29 is 14.5 Å². The SMILES string of the molecule is CC1=C(C(=O)Nc2ccc([N+](=O)[O-])cc2)[C@@H](c2ccc(C#N)cc2)NC(=S)N1C[C@H]1CCCO1. The van der Waals surface area contributed by atoms with Crippen molar-refractivity contribution in [2.24, 2.45) is 0 Å². The number of hydrogen-bond acceptors (Lipinski definition) is 6. The van der Waals surface area contributed by atoms with E-state index in [1.54, 1.807) is 24.3 Å². The number of anilines is 1. The van der Waals surface area contributed by atoms with E-state index in [1.165, 1.54) is 24.3 Å². The van der Waals surface area contributed by atoms with E-state index in [2.05, 4.69) is 16.7 Å². The maximum Gasteiger partial charge on any atom is 0.269 e. The Morgan fingerprint density at radius 1 is 1.29 bits per heavy atom. The number of non-ortho nitro benzene ring substituents is 1. The first-order chi connectivity index (χ1) is 16.4. The number of benzene rings is 2. The molecule has 0 spiro atoms. The van der Waals surface area contributed by atoms with Gasteiger partial charge in [0, 0.05) is 30.1 Å². The van der Waals surface area contributed by atoms with E-state index < -0.39 is 11.0 Å². The monoisotopic (exact) mass is 477 g/mol. The molecule has 4 rings (SSSR count). The Kier molecular flexibility index (Phi) is 6.86. The molecule has 2 heterocycles. The Morgan fingerprint density at radius 3 is 2.59 bits per heavy atom. The summed E-state index contributed by atoms with van der Waals surface area (Å²) in [5, 5.41) is 26.7. The summed E-state index contributed by atoms with van der Waals surface area (Å²) in [5.74, 6) is -0.354. The van der Waals surface area contributed by atoms with Crippen LogP contribution < -0.4 is 10.6 Å². The standard InChI is InChI=1S/C24H23N5O4S/c1-15-21(23(30)26-18-8-10-19(11-9-18)29(31)32)22(17-6-4-16(13-25)5-7-17)27-24(34)28(15)14-20-3-2-12-33-20/h4-11,20,22H,2-3,12,14H2,1H3,(H,26,30)(H,27,34)/t20-,22-/m1/s1. The molecule has 2 aliphatic heterocycles. The van der Waals surface area contributed by atoms with Crippen molar-refractivity contribution in [1.29, 1.82) is 5.26 Å². The molecule has 2 aromatic carbocycles. The maximum atomic E-state index is 13.5. The van der Waals surface area contributed by atoms with Crippen molar-refractivity contribution in [2.45, 2.75) is 31.9 Å². The summed E-state index contributed by atoms with van der Waals surface area (Å²) in [5.41, 5.74) is 2.85. The molecule has 10 heteroatoms. The van der Waals surface area contributed by atoms with Crippen molar-refractivity contribution in [3.63, 3.8) is 0 Å². The van der Waals surface area contributed by atoms with Gasteiger partial charge in [-0.3, -0.25) is 14.9 Å². The second-order valence-corrected chi connectivity index (χ2v) is 8.51. The molecule has 0 saturated carbocycles. The Bertz CT molecular complexity index is 1180. The zero-order chi connectivity index (χ0) is 24.2. The molecule has 1 amide bonds. The third kappa shape index (κ3) is 4.90. The fraction of sp³-hybridized carbons (Fsp3) is 0.292. The van der Waals surface area contributed by atoms with Crippen LogP contribution in [0.25, 0.3) is 0 Å². The minimum atomic E-state index is -0.529. The van der Waals surface area contributed by atoms with Gasteiger partial charge in [0.25, 0.3) is 11.6 Å². The zero-order valence-electron chi connectivity index (χ0n) is 18.5. The number of nitriles is 1. The second-order valence-electron chi connectivity index (χ2n) is 8.12. The topological polar surface area (TPSA) is 121 Å². The van der Waals surface area contributed by atoms with Gasteiger partial charge in [0.15, 0.2) is 5.11 Å². The lowest BCUT2D eigenvalue weighted by Gasteiger charge is -2.38. The third-order valence-corrected chi connectivity index (χ3v) is 6.30. The number of ether oxygens (including phenoxy) is 1.